The van der Waals surface area contributed by atoms with Crippen LogP contribution >= 0.6 is 35.9 Å². The Morgan fingerprint density at radius 3 is 1.30 bits per heavy atom. The molecule has 2 heterocycles. The van der Waals surface area contributed by atoms with Crippen LogP contribution in [0.5, 0.6) is 0 Å². The molecule has 0 bridgehead atoms. The standard InChI is InChI=1S/2C15H16F3NO3S.C5H11NO2.ClH.H3N/c2*1-22-15(21)14-19(5-6-23-14)13(20)4-2-3-9-7-11(17)12(18)8-10(9)16;1-5(2,3)8-4(6)7;;/h2*7-8,14H,2-6H2,1H3;1-3H3,(H2,6,7);1H;1H3. The van der Waals surface area contributed by atoms with Crippen molar-refractivity contribution >= 4 is 65.8 Å². The molecule has 56 heavy (non-hydrogen) atoms. The van der Waals surface area contributed by atoms with Crippen LogP contribution in [0.1, 0.15) is 57.6 Å². The SMILES string of the molecule is CC(C)(C)OC(N)=O.COC(=O)C1SCCN1C(=O)CCCc1cc(F)c(F)cc1F.COC(=O)C1SCCN1C(=O)CCCc1cc(F)c(F)cc1F.Cl.N. The molecule has 2 atom stereocenters. The molecule has 0 spiro atoms. The molecule has 2 aliphatic heterocycles. The van der Waals surface area contributed by atoms with E-state index in [0.29, 0.717) is 36.7 Å². The first-order valence-corrected chi connectivity index (χ1v) is 18.6. The molecular formula is C35H47ClF6N4O8S2. The van der Waals surface area contributed by atoms with Crippen molar-refractivity contribution in [2.45, 2.75) is 75.6 Å². The number of carbonyl (C=O) groups excluding carboxylic acids is 5. The lowest BCUT2D eigenvalue weighted by Gasteiger charge is -2.21. The maximum atomic E-state index is 13.5. The Labute approximate surface area is 335 Å². The van der Waals surface area contributed by atoms with Gasteiger partial charge in [0.25, 0.3) is 0 Å². The molecule has 2 saturated heterocycles. The molecule has 2 aromatic carbocycles. The van der Waals surface area contributed by atoms with E-state index in [9.17, 15) is 50.3 Å². The summed E-state index contributed by atoms with van der Waals surface area (Å²) < 4.78 is 92.8. The van der Waals surface area contributed by atoms with Crippen LogP contribution < -0.4 is 11.9 Å². The number of ether oxygens (including phenoxy) is 3. The van der Waals surface area contributed by atoms with Crippen LogP contribution in [-0.4, -0.2) is 94.8 Å². The van der Waals surface area contributed by atoms with Crippen molar-refractivity contribution in [2.75, 3.05) is 38.8 Å². The van der Waals surface area contributed by atoms with Gasteiger partial charge < -0.3 is 35.9 Å². The van der Waals surface area contributed by atoms with Crippen molar-refractivity contribution in [3.05, 3.63) is 70.3 Å². The van der Waals surface area contributed by atoms with Crippen LogP contribution in [0.2, 0.25) is 0 Å². The Bertz CT molecular complexity index is 1550. The number of aryl methyl sites for hydroxylation is 2. The Balaban J connectivity index is 0.000000880. The van der Waals surface area contributed by atoms with Crippen LogP contribution in [0.25, 0.3) is 0 Å². The van der Waals surface area contributed by atoms with Crippen molar-refractivity contribution < 1.29 is 64.5 Å². The van der Waals surface area contributed by atoms with E-state index in [2.05, 4.69) is 14.2 Å². The minimum Gasteiger partial charge on any atom is -0.467 e. The highest BCUT2D eigenvalue weighted by molar-refractivity contribution is 8.01. The minimum atomic E-state index is -1.24. The summed E-state index contributed by atoms with van der Waals surface area (Å²) in [7, 11) is 2.52. The number of hydrogen-bond donors (Lipinski definition) is 2. The Hall–Kier alpha value is -3.88. The number of hydrogen-bond acceptors (Lipinski definition) is 11. The lowest BCUT2D eigenvalue weighted by molar-refractivity contribution is -0.148. The molecule has 2 aromatic rings. The minimum absolute atomic E-state index is 0. The number of nitrogens with zero attached hydrogens (tertiary/aromatic N) is 2. The fraction of sp³-hybridized carbons (Fsp3) is 0.514. The third-order valence-corrected chi connectivity index (χ3v) is 9.85. The van der Waals surface area contributed by atoms with Crippen molar-refractivity contribution in [1.82, 2.24) is 16.0 Å². The normalized spacial score (nSPS) is 15.8. The summed E-state index contributed by atoms with van der Waals surface area (Å²) in [4.78, 5) is 60.3. The highest BCUT2D eigenvalue weighted by Crippen LogP contribution is 2.27. The number of methoxy groups -OCH3 is 2. The quantitative estimate of drug-likeness (QED) is 0.116. The molecular weight excluding hydrogens is 818 g/mol. The number of benzene rings is 2. The summed E-state index contributed by atoms with van der Waals surface area (Å²) in [5.74, 6) is -6.53. The van der Waals surface area contributed by atoms with Crippen molar-refractivity contribution in [2.24, 2.45) is 5.73 Å². The number of carbonyl (C=O) groups is 5. The average Bonchev–Trinajstić information content (AvgIpc) is 3.79. The number of primary amides is 1. The van der Waals surface area contributed by atoms with E-state index in [4.69, 9.17) is 5.73 Å². The molecule has 0 saturated carbocycles. The molecule has 2 fully saturated rings. The van der Waals surface area contributed by atoms with Gasteiger partial charge in [-0.1, -0.05) is 0 Å². The van der Waals surface area contributed by atoms with Crippen LogP contribution in [0.15, 0.2) is 24.3 Å². The van der Waals surface area contributed by atoms with Gasteiger partial charge in [0.1, 0.15) is 17.2 Å². The lowest BCUT2D eigenvalue weighted by atomic mass is 10.1. The van der Waals surface area contributed by atoms with Gasteiger partial charge in [0.2, 0.25) is 11.8 Å². The Morgan fingerprint density at radius 2 is 1.02 bits per heavy atom. The van der Waals surface area contributed by atoms with Crippen LogP contribution in [0.3, 0.4) is 0 Å². The molecule has 2 aliphatic rings. The average molecular weight is 865 g/mol. The van der Waals surface area contributed by atoms with Crippen molar-refractivity contribution in [3.8, 4) is 0 Å². The summed E-state index contributed by atoms with van der Waals surface area (Å²) in [5, 5.41) is -1.29. The molecule has 12 nitrogen and oxygen atoms in total. The lowest BCUT2D eigenvalue weighted by Crippen LogP contribution is -2.39. The zero-order valence-corrected chi connectivity index (χ0v) is 33.9. The highest BCUT2D eigenvalue weighted by Gasteiger charge is 2.36. The molecule has 0 radical (unpaired) electrons. The first-order chi connectivity index (χ1) is 25.3. The van der Waals surface area contributed by atoms with Crippen LogP contribution in [-0.2, 0) is 46.2 Å². The third-order valence-electron chi connectivity index (χ3n) is 7.49. The zero-order valence-electron chi connectivity index (χ0n) is 31.5. The van der Waals surface area contributed by atoms with Gasteiger partial charge in [0.05, 0.1) is 14.2 Å². The Morgan fingerprint density at radius 1 is 0.679 bits per heavy atom. The van der Waals surface area contributed by atoms with Gasteiger partial charge in [-0.3, -0.25) is 9.59 Å². The molecule has 5 N–H and O–H groups in total. The maximum Gasteiger partial charge on any atom is 0.405 e. The monoisotopic (exact) mass is 864 g/mol. The molecule has 2 unspecified atom stereocenters. The second-order valence-corrected chi connectivity index (χ2v) is 15.0. The van der Waals surface area contributed by atoms with E-state index >= 15 is 0 Å². The topological polar surface area (TPSA) is 181 Å². The first kappa shape index (κ1) is 52.1. The van der Waals surface area contributed by atoms with E-state index in [-0.39, 0.29) is 80.0 Å². The predicted octanol–water partition coefficient (Wildman–Crippen LogP) is 6.47. The van der Waals surface area contributed by atoms with Crippen LogP contribution in [0, 0.1) is 34.9 Å². The third kappa shape index (κ3) is 16.7. The molecule has 4 rings (SSSR count). The maximum absolute atomic E-state index is 13.5. The number of thioether (sulfide) groups is 2. The molecule has 3 amide bonds. The van der Waals surface area contributed by atoms with E-state index < -0.39 is 69.3 Å². The van der Waals surface area contributed by atoms with E-state index in [1.807, 2.05) is 0 Å². The van der Waals surface area contributed by atoms with E-state index in [1.54, 1.807) is 20.8 Å². The van der Waals surface area contributed by atoms with E-state index in [0.717, 1.165) is 12.1 Å². The summed E-state index contributed by atoms with van der Waals surface area (Å²) in [5.41, 5.74) is 4.31. The largest absolute Gasteiger partial charge is 0.467 e. The fourth-order valence-electron chi connectivity index (χ4n) is 5.00. The summed E-state index contributed by atoms with van der Waals surface area (Å²) in [6.07, 6.45) is 0.222. The fourth-order valence-corrected chi connectivity index (χ4v) is 7.32. The number of halogens is 7. The summed E-state index contributed by atoms with van der Waals surface area (Å²) >= 11 is 2.65. The van der Waals surface area contributed by atoms with Gasteiger partial charge >= 0.3 is 18.0 Å². The van der Waals surface area contributed by atoms with Gasteiger partial charge in [-0.15, -0.1) is 35.9 Å². The molecule has 316 valence electrons. The number of nitrogens with two attached hydrogens (primary N) is 1. The second-order valence-electron chi connectivity index (χ2n) is 12.6. The van der Waals surface area contributed by atoms with Crippen molar-refractivity contribution in [1.29, 1.82) is 0 Å². The number of esters is 2. The Kier molecular flexibility index (Phi) is 23.0. The van der Waals surface area contributed by atoms with Gasteiger partial charge in [-0.25, -0.2) is 40.7 Å². The molecule has 0 aliphatic carbocycles. The zero-order chi connectivity index (χ0) is 40.7. The summed E-state index contributed by atoms with van der Waals surface area (Å²) in [6.45, 7) is 6.18. The van der Waals surface area contributed by atoms with Gasteiger partial charge in [-0.2, -0.15) is 0 Å². The smallest absolute Gasteiger partial charge is 0.405 e. The molecule has 0 aromatic heterocycles. The highest BCUT2D eigenvalue weighted by atomic mass is 35.5. The summed E-state index contributed by atoms with van der Waals surface area (Å²) in [6, 6.07) is 2.60. The van der Waals surface area contributed by atoms with Gasteiger partial charge in [0.15, 0.2) is 34.0 Å². The molecule has 21 heteroatoms. The van der Waals surface area contributed by atoms with Crippen LogP contribution in [0.4, 0.5) is 31.1 Å². The second kappa shape index (κ2) is 24.7. The first-order valence-electron chi connectivity index (χ1n) is 16.5. The van der Waals surface area contributed by atoms with E-state index in [1.165, 1.54) is 47.5 Å². The van der Waals surface area contributed by atoms with Crippen molar-refractivity contribution in [3.63, 3.8) is 0 Å². The number of rotatable bonds is 10. The van der Waals surface area contributed by atoms with Gasteiger partial charge in [-0.05, 0) is 69.7 Å². The van der Waals surface area contributed by atoms with Gasteiger partial charge in [0, 0.05) is 49.6 Å². The predicted molar refractivity (Wildman–Crippen MR) is 201 cm³/mol. The number of amides is 3.